The Balaban J connectivity index is 2.26. The molecule has 2 aromatic carbocycles. The van der Waals surface area contributed by atoms with Crippen LogP contribution in [0, 0.1) is 20.8 Å². The van der Waals surface area contributed by atoms with Crippen molar-refractivity contribution < 1.29 is 9.59 Å². The molecule has 0 aliphatic rings. The zero-order valence-corrected chi connectivity index (χ0v) is 17.9. The van der Waals surface area contributed by atoms with Crippen molar-refractivity contribution in [3.8, 4) is 0 Å². The van der Waals surface area contributed by atoms with E-state index in [1.54, 1.807) is 11.8 Å². The number of rotatable bonds is 7. The summed E-state index contributed by atoms with van der Waals surface area (Å²) in [6.07, 6.45) is 0.284. The monoisotopic (exact) mass is 380 g/mol. The molecule has 150 valence electrons. The minimum atomic E-state index is -0.540. The highest BCUT2D eigenvalue weighted by molar-refractivity contribution is 5.88. The van der Waals surface area contributed by atoms with Gasteiger partial charge in [-0.1, -0.05) is 48.0 Å². The van der Waals surface area contributed by atoms with Crippen molar-refractivity contribution in [3.05, 3.63) is 70.3 Å². The van der Waals surface area contributed by atoms with Crippen LogP contribution in [0.1, 0.15) is 48.6 Å². The van der Waals surface area contributed by atoms with Crippen LogP contribution in [0.15, 0.2) is 42.5 Å². The van der Waals surface area contributed by atoms with Gasteiger partial charge in [0, 0.05) is 12.6 Å². The van der Waals surface area contributed by atoms with Crippen LogP contribution in [0.25, 0.3) is 0 Å². The van der Waals surface area contributed by atoms with Gasteiger partial charge in [-0.15, -0.1) is 0 Å². The molecule has 0 aromatic heterocycles. The van der Waals surface area contributed by atoms with Gasteiger partial charge in [0.25, 0.3) is 0 Å². The Bertz CT molecular complexity index is 842. The molecular formula is C24H32N2O2. The number of carbonyl (C=O) groups is 2. The number of hydrogen-bond acceptors (Lipinski definition) is 2. The third-order valence-corrected chi connectivity index (χ3v) is 4.96. The van der Waals surface area contributed by atoms with E-state index in [0.717, 1.165) is 16.7 Å². The smallest absolute Gasteiger partial charge is 0.242 e. The number of amides is 2. The van der Waals surface area contributed by atoms with Crippen molar-refractivity contribution in [2.45, 2.75) is 66.6 Å². The van der Waals surface area contributed by atoms with E-state index in [0.29, 0.717) is 6.54 Å². The summed E-state index contributed by atoms with van der Waals surface area (Å²) in [4.78, 5) is 27.5. The minimum absolute atomic E-state index is 0.0330. The molecule has 0 radical (unpaired) electrons. The lowest BCUT2D eigenvalue weighted by Gasteiger charge is -2.29. The second kappa shape index (κ2) is 9.54. The number of benzene rings is 2. The third kappa shape index (κ3) is 5.95. The molecule has 4 heteroatoms. The molecule has 0 heterocycles. The second-order valence-electron chi connectivity index (χ2n) is 7.95. The molecule has 0 aliphatic heterocycles. The van der Waals surface area contributed by atoms with Crippen molar-refractivity contribution in [2.75, 3.05) is 0 Å². The lowest BCUT2D eigenvalue weighted by atomic mass is 10.0. The zero-order chi connectivity index (χ0) is 20.8. The largest absolute Gasteiger partial charge is 0.352 e. The molecule has 0 spiro atoms. The normalized spacial score (nSPS) is 12.0. The second-order valence-corrected chi connectivity index (χ2v) is 7.95. The van der Waals surface area contributed by atoms with Crippen molar-refractivity contribution in [3.63, 3.8) is 0 Å². The van der Waals surface area contributed by atoms with E-state index in [4.69, 9.17) is 0 Å². The fourth-order valence-electron chi connectivity index (χ4n) is 3.18. The van der Waals surface area contributed by atoms with Crippen molar-refractivity contribution in [1.82, 2.24) is 10.2 Å². The van der Waals surface area contributed by atoms with Crippen LogP contribution in [0.3, 0.4) is 0 Å². The average Bonchev–Trinajstić information content (AvgIpc) is 2.61. The highest BCUT2D eigenvalue weighted by atomic mass is 16.2. The topological polar surface area (TPSA) is 49.4 Å². The summed E-state index contributed by atoms with van der Waals surface area (Å²) >= 11 is 0. The first-order valence-electron chi connectivity index (χ1n) is 9.89. The number of hydrogen-bond donors (Lipinski definition) is 1. The first-order chi connectivity index (χ1) is 13.2. The van der Waals surface area contributed by atoms with E-state index in [9.17, 15) is 9.59 Å². The molecule has 28 heavy (non-hydrogen) atoms. The summed E-state index contributed by atoms with van der Waals surface area (Å²) in [7, 11) is 0. The van der Waals surface area contributed by atoms with Gasteiger partial charge in [0.15, 0.2) is 0 Å². The van der Waals surface area contributed by atoms with E-state index < -0.39 is 6.04 Å². The number of nitrogens with one attached hydrogen (secondary N) is 1. The molecule has 0 saturated heterocycles. The van der Waals surface area contributed by atoms with Crippen LogP contribution in [0.2, 0.25) is 0 Å². The van der Waals surface area contributed by atoms with Crippen molar-refractivity contribution in [1.29, 1.82) is 0 Å². The predicted octanol–water partition coefficient (Wildman–Crippen LogP) is 4.10. The maximum Gasteiger partial charge on any atom is 0.242 e. The molecule has 0 saturated carbocycles. The third-order valence-electron chi connectivity index (χ3n) is 4.96. The first kappa shape index (κ1) is 21.7. The molecule has 4 nitrogen and oxygen atoms in total. The Morgan fingerprint density at radius 1 is 0.929 bits per heavy atom. The minimum Gasteiger partial charge on any atom is -0.352 e. The van der Waals surface area contributed by atoms with E-state index >= 15 is 0 Å². The zero-order valence-electron chi connectivity index (χ0n) is 17.9. The van der Waals surface area contributed by atoms with Gasteiger partial charge in [0.05, 0.1) is 6.42 Å². The van der Waals surface area contributed by atoms with Gasteiger partial charge >= 0.3 is 0 Å². The Labute approximate surface area is 169 Å². The Morgan fingerprint density at radius 3 is 2.25 bits per heavy atom. The van der Waals surface area contributed by atoms with Crippen LogP contribution >= 0.6 is 0 Å². The molecule has 1 N–H and O–H groups in total. The summed E-state index contributed by atoms with van der Waals surface area (Å²) in [5, 5.41) is 2.92. The standard InChI is InChI=1S/C24H32N2O2/c1-16(2)25-24(28)20(6)26(15-22-9-7-8-17(3)12-22)23(27)14-21-11-10-18(4)19(5)13-21/h7-13,16,20H,14-15H2,1-6H3,(H,25,28). The summed E-state index contributed by atoms with van der Waals surface area (Å²) in [5.74, 6) is -0.174. The number of aryl methyl sites for hydroxylation is 3. The molecule has 2 rings (SSSR count). The van der Waals surface area contributed by atoms with Crippen LogP contribution in [-0.4, -0.2) is 28.8 Å². The predicted molar refractivity (Wildman–Crippen MR) is 114 cm³/mol. The summed E-state index contributed by atoms with van der Waals surface area (Å²) in [6, 6.07) is 13.6. The Hall–Kier alpha value is -2.62. The molecule has 0 bridgehead atoms. The van der Waals surface area contributed by atoms with Gasteiger partial charge in [0.2, 0.25) is 11.8 Å². The maximum atomic E-state index is 13.2. The Morgan fingerprint density at radius 2 is 1.64 bits per heavy atom. The summed E-state index contributed by atoms with van der Waals surface area (Å²) < 4.78 is 0. The van der Waals surface area contributed by atoms with Gasteiger partial charge in [-0.25, -0.2) is 0 Å². The molecule has 0 aliphatic carbocycles. The lowest BCUT2D eigenvalue weighted by Crippen LogP contribution is -2.49. The number of nitrogens with zero attached hydrogens (tertiary/aromatic N) is 1. The van der Waals surface area contributed by atoms with Gasteiger partial charge in [-0.2, -0.15) is 0 Å². The first-order valence-corrected chi connectivity index (χ1v) is 9.89. The van der Waals surface area contributed by atoms with Gasteiger partial charge in [-0.05, 0) is 63.8 Å². The SMILES string of the molecule is Cc1cccc(CN(C(=O)Cc2ccc(C)c(C)c2)C(C)C(=O)NC(C)C)c1. The fourth-order valence-corrected chi connectivity index (χ4v) is 3.18. The Kier molecular flexibility index (Phi) is 7.38. The molecule has 1 atom stereocenters. The molecule has 1 unspecified atom stereocenters. The van der Waals surface area contributed by atoms with Gasteiger partial charge in [0.1, 0.15) is 6.04 Å². The average molecular weight is 381 g/mol. The van der Waals surface area contributed by atoms with E-state index in [1.165, 1.54) is 11.1 Å². The molecule has 2 amide bonds. The van der Waals surface area contributed by atoms with E-state index in [-0.39, 0.29) is 24.3 Å². The molecule has 2 aromatic rings. The highest BCUT2D eigenvalue weighted by Gasteiger charge is 2.26. The van der Waals surface area contributed by atoms with E-state index in [1.807, 2.05) is 58.0 Å². The van der Waals surface area contributed by atoms with Gasteiger partial charge in [-0.3, -0.25) is 9.59 Å². The fraction of sp³-hybridized carbons (Fsp3) is 0.417. The molecular weight excluding hydrogens is 348 g/mol. The van der Waals surface area contributed by atoms with Gasteiger partial charge < -0.3 is 10.2 Å². The summed E-state index contributed by atoms with van der Waals surface area (Å²) in [6.45, 7) is 12.2. The molecule has 0 fully saturated rings. The van der Waals surface area contributed by atoms with Crippen LogP contribution in [-0.2, 0) is 22.6 Å². The maximum absolute atomic E-state index is 13.2. The summed E-state index contributed by atoms with van der Waals surface area (Å²) in [5.41, 5.74) is 5.51. The van der Waals surface area contributed by atoms with Crippen molar-refractivity contribution in [2.24, 2.45) is 0 Å². The highest BCUT2D eigenvalue weighted by Crippen LogP contribution is 2.16. The lowest BCUT2D eigenvalue weighted by molar-refractivity contribution is -0.140. The van der Waals surface area contributed by atoms with Crippen molar-refractivity contribution >= 4 is 11.8 Å². The van der Waals surface area contributed by atoms with Crippen LogP contribution in [0.5, 0.6) is 0 Å². The quantitative estimate of drug-likeness (QED) is 0.786. The van der Waals surface area contributed by atoms with E-state index in [2.05, 4.69) is 24.4 Å². The van der Waals surface area contributed by atoms with Crippen LogP contribution < -0.4 is 5.32 Å². The number of carbonyl (C=O) groups excluding carboxylic acids is 2. The van der Waals surface area contributed by atoms with Crippen LogP contribution in [0.4, 0.5) is 0 Å².